The number of aromatic nitrogens is 2. The second-order valence-electron chi connectivity index (χ2n) is 16.7. The first-order chi connectivity index (χ1) is 33.3. The number of methoxy groups -OCH3 is 1. The summed E-state index contributed by atoms with van der Waals surface area (Å²) >= 11 is 0. The average Bonchev–Trinajstić information content (AvgIpc) is 3.33. The zero-order valence-corrected chi connectivity index (χ0v) is 40.6. The van der Waals surface area contributed by atoms with Crippen LogP contribution in [0.2, 0.25) is 0 Å². The summed E-state index contributed by atoms with van der Waals surface area (Å²) < 4.78 is 77.3. The van der Waals surface area contributed by atoms with Gasteiger partial charge in [0.25, 0.3) is 0 Å². The van der Waals surface area contributed by atoms with Gasteiger partial charge in [0, 0.05) is 44.4 Å². The minimum atomic E-state index is -3.94. The van der Waals surface area contributed by atoms with Crippen molar-refractivity contribution in [2.45, 2.75) is 76.9 Å². The number of sulfonamides is 2. The van der Waals surface area contributed by atoms with Gasteiger partial charge in [0.2, 0.25) is 37.7 Å². The molecule has 0 unspecified atom stereocenters. The zero-order valence-electron chi connectivity index (χ0n) is 39.0. The molecule has 2 saturated heterocycles. The summed E-state index contributed by atoms with van der Waals surface area (Å²) in [5.74, 6) is -3.59. The van der Waals surface area contributed by atoms with Crippen LogP contribution in [0.5, 0.6) is 5.88 Å². The van der Waals surface area contributed by atoms with Crippen LogP contribution in [0.4, 0.5) is 16.0 Å². The van der Waals surface area contributed by atoms with Crippen molar-refractivity contribution in [3.63, 3.8) is 0 Å². The Morgan fingerprint density at radius 2 is 1.20 bits per heavy atom. The molecular weight excluding hydrogens is 946 g/mol. The Morgan fingerprint density at radius 3 is 1.64 bits per heavy atom. The van der Waals surface area contributed by atoms with E-state index < -0.39 is 67.3 Å². The molecule has 4 heterocycles. The predicted molar refractivity (Wildman–Crippen MR) is 253 cm³/mol. The Hall–Kier alpha value is -7.48. The first kappa shape index (κ1) is 53.5. The minimum Gasteiger partial charge on any atom is -0.480 e. The third-order valence-electron chi connectivity index (χ3n) is 11.2. The van der Waals surface area contributed by atoms with Gasteiger partial charge in [-0.25, -0.2) is 31.0 Å². The van der Waals surface area contributed by atoms with Gasteiger partial charge < -0.3 is 19.3 Å². The number of ether oxygens (including phenoxy) is 2. The fourth-order valence-electron chi connectivity index (χ4n) is 7.72. The van der Waals surface area contributed by atoms with Gasteiger partial charge in [-0.15, -0.1) is 0 Å². The van der Waals surface area contributed by atoms with Crippen molar-refractivity contribution in [2.24, 2.45) is 11.8 Å². The van der Waals surface area contributed by atoms with E-state index in [1.54, 1.807) is 49.1 Å². The quantitative estimate of drug-likeness (QED) is 0.108. The maximum atomic E-state index is 13.0. The minimum absolute atomic E-state index is 0.0839. The summed E-state index contributed by atoms with van der Waals surface area (Å²) in [5.41, 5.74) is 1.30. The van der Waals surface area contributed by atoms with E-state index >= 15 is 0 Å². The summed E-state index contributed by atoms with van der Waals surface area (Å²) in [6.07, 6.45) is 1.93. The van der Waals surface area contributed by atoms with Gasteiger partial charge in [-0.3, -0.25) is 23.8 Å². The number of Topliss-reactive ketones (excluding diaryl/α,β-unsaturated/α-hetero) is 1. The number of nitrogens with zero attached hydrogens (tertiary/aromatic N) is 7. The molecule has 0 spiro atoms. The van der Waals surface area contributed by atoms with Crippen LogP contribution in [-0.4, -0.2) is 89.8 Å². The first-order valence-electron chi connectivity index (χ1n) is 22.3. The van der Waals surface area contributed by atoms with Crippen molar-refractivity contribution in [2.75, 3.05) is 43.1 Å². The SMILES string of the molecule is CC(C)OC(=O)c1cc(C#N)c(N2CCC(C(=O)NS(=O)(=O)Cc3ccccc3)CC2)nc1C#N.CCCC(=O)c1cc(C#N)c(N2CCC(C(=O)NS(=O)(=O)Cc3ccc(F)cc3)CC2)nc1OC. The van der Waals surface area contributed by atoms with Gasteiger partial charge in [-0.05, 0) is 81.3 Å². The molecule has 2 aromatic carbocycles. The summed E-state index contributed by atoms with van der Waals surface area (Å²) in [6.45, 7) is 6.59. The largest absolute Gasteiger partial charge is 0.480 e. The Morgan fingerprint density at radius 1 is 0.729 bits per heavy atom. The molecule has 70 heavy (non-hydrogen) atoms. The number of anilines is 2. The second-order valence-corrected chi connectivity index (χ2v) is 20.2. The summed E-state index contributed by atoms with van der Waals surface area (Å²) in [5, 5.41) is 28.7. The molecule has 0 saturated carbocycles. The number of piperidine rings is 2. The van der Waals surface area contributed by atoms with Crippen LogP contribution in [0.25, 0.3) is 0 Å². The van der Waals surface area contributed by atoms with E-state index in [0.29, 0.717) is 81.6 Å². The lowest BCUT2D eigenvalue weighted by Gasteiger charge is -2.32. The van der Waals surface area contributed by atoms with E-state index in [1.165, 1.54) is 31.4 Å². The smallest absolute Gasteiger partial charge is 0.341 e. The fourth-order valence-corrected chi connectivity index (χ4v) is 10.1. The van der Waals surface area contributed by atoms with Gasteiger partial charge in [-0.2, -0.15) is 20.8 Å². The lowest BCUT2D eigenvalue weighted by Crippen LogP contribution is -2.43. The van der Waals surface area contributed by atoms with Crippen molar-refractivity contribution in [1.82, 2.24) is 19.4 Å². The standard InChI is InChI=1S/C24H27FN4O5S.C24H25N5O5S/c1-3-4-21(30)20-13-18(14-26)22(27-24(20)34-2)29-11-9-17(10-12-29)23(31)28-35(32,33)15-16-5-7-19(25)8-6-16;1-16(2)34-24(31)20-12-19(13-25)22(27-21(20)14-26)29-10-8-18(9-11-29)23(30)28-35(32,33)15-17-6-4-3-5-7-17/h5-8,13,17H,3-4,9-12,15H2,1-2H3,(H,28,31);3-7,12,16,18H,8-11,15H2,1-2H3,(H,28,30). The van der Waals surface area contributed by atoms with E-state index in [0.717, 1.165) is 12.1 Å². The summed E-state index contributed by atoms with van der Waals surface area (Å²) in [4.78, 5) is 62.1. The Balaban J connectivity index is 0.000000261. The molecule has 2 aliphatic rings. The number of pyridine rings is 2. The molecule has 368 valence electrons. The van der Waals surface area contributed by atoms with Gasteiger partial charge in [0.1, 0.15) is 29.8 Å². The molecule has 2 aromatic heterocycles. The molecular formula is C48H52FN9O10S2. The van der Waals surface area contributed by atoms with Crippen molar-refractivity contribution in [3.05, 3.63) is 112 Å². The number of esters is 1. The number of carbonyl (C=O) groups excluding carboxylic acids is 4. The first-order valence-corrected chi connectivity index (χ1v) is 25.6. The molecule has 2 fully saturated rings. The molecule has 19 nitrogen and oxygen atoms in total. The molecule has 2 amide bonds. The van der Waals surface area contributed by atoms with E-state index in [2.05, 4.69) is 25.5 Å². The number of rotatable bonds is 16. The van der Waals surface area contributed by atoms with Gasteiger partial charge >= 0.3 is 5.97 Å². The highest BCUT2D eigenvalue weighted by atomic mass is 32.2. The highest BCUT2D eigenvalue weighted by Gasteiger charge is 2.32. The van der Waals surface area contributed by atoms with E-state index in [4.69, 9.17) is 9.47 Å². The Kier molecular flexibility index (Phi) is 18.5. The van der Waals surface area contributed by atoms with E-state index in [1.807, 2.05) is 24.0 Å². The van der Waals surface area contributed by atoms with Crippen LogP contribution in [-0.2, 0) is 45.9 Å². The number of carbonyl (C=O) groups is 4. The lowest BCUT2D eigenvalue weighted by molar-refractivity contribution is -0.124. The lowest BCUT2D eigenvalue weighted by atomic mass is 9.96. The van der Waals surface area contributed by atoms with Gasteiger partial charge in [-0.1, -0.05) is 49.4 Å². The summed E-state index contributed by atoms with van der Waals surface area (Å²) in [7, 11) is -6.37. The highest BCUT2D eigenvalue weighted by Crippen LogP contribution is 2.31. The maximum Gasteiger partial charge on any atom is 0.341 e. The Bertz CT molecular complexity index is 2920. The third kappa shape index (κ3) is 14.5. The number of benzene rings is 2. The van der Waals surface area contributed by atoms with Crippen LogP contribution >= 0.6 is 0 Å². The third-order valence-corrected chi connectivity index (χ3v) is 13.6. The van der Waals surface area contributed by atoms with Crippen molar-refractivity contribution >= 4 is 55.2 Å². The molecule has 0 bridgehead atoms. The molecule has 2 aliphatic heterocycles. The second kappa shape index (κ2) is 24.2. The molecule has 0 aliphatic carbocycles. The van der Waals surface area contributed by atoms with Gasteiger partial charge in [0.05, 0.1) is 47.0 Å². The van der Waals surface area contributed by atoms with E-state index in [9.17, 15) is 56.2 Å². The van der Waals surface area contributed by atoms with Crippen molar-refractivity contribution < 1.29 is 49.9 Å². The molecule has 2 N–H and O–H groups in total. The number of ketones is 1. The zero-order chi connectivity index (χ0) is 51.2. The molecule has 6 rings (SSSR count). The monoisotopic (exact) mass is 997 g/mol. The Labute approximate surface area is 406 Å². The normalized spacial score (nSPS) is 14.2. The molecule has 0 atom stereocenters. The van der Waals surface area contributed by atoms with Crippen LogP contribution in [0, 0.1) is 51.6 Å². The van der Waals surface area contributed by atoms with Crippen molar-refractivity contribution in [3.8, 4) is 24.1 Å². The van der Waals surface area contributed by atoms with Crippen LogP contribution in [0.15, 0.2) is 66.7 Å². The molecule has 4 aromatic rings. The van der Waals surface area contributed by atoms with Crippen LogP contribution in [0.1, 0.15) is 108 Å². The van der Waals surface area contributed by atoms with Crippen LogP contribution < -0.4 is 24.0 Å². The number of nitriles is 3. The van der Waals surface area contributed by atoms with Gasteiger partial charge in [0.15, 0.2) is 17.3 Å². The highest BCUT2D eigenvalue weighted by molar-refractivity contribution is 7.89. The van der Waals surface area contributed by atoms with Crippen molar-refractivity contribution in [1.29, 1.82) is 15.8 Å². The van der Waals surface area contributed by atoms with E-state index in [-0.39, 0.29) is 51.2 Å². The maximum absolute atomic E-state index is 13.0. The average molecular weight is 998 g/mol. The number of nitrogens with one attached hydrogen (secondary N) is 2. The number of hydrogen-bond donors (Lipinski definition) is 2. The molecule has 0 radical (unpaired) electrons. The number of amides is 2. The fraction of sp³-hybridized carbons (Fsp3) is 0.396. The topological polar surface area (TPSA) is 283 Å². The van der Waals surface area contributed by atoms with Crippen LogP contribution in [0.3, 0.4) is 0 Å². The number of halogens is 1. The number of hydrogen-bond acceptors (Lipinski definition) is 17. The summed E-state index contributed by atoms with van der Waals surface area (Å²) in [6, 6.07) is 22.3. The predicted octanol–water partition coefficient (Wildman–Crippen LogP) is 5.20. The molecule has 22 heteroatoms.